The summed E-state index contributed by atoms with van der Waals surface area (Å²) >= 11 is 0. The number of rotatable bonds is 6. The van der Waals surface area contributed by atoms with Crippen LogP contribution in [0.5, 0.6) is 0 Å². The first-order valence-corrected chi connectivity index (χ1v) is 6.76. The van der Waals surface area contributed by atoms with Gasteiger partial charge >= 0.3 is 0 Å². The molecular formula is C13H26N2O2. The summed E-state index contributed by atoms with van der Waals surface area (Å²) in [5.41, 5.74) is 0. The van der Waals surface area contributed by atoms with Gasteiger partial charge in [-0.05, 0) is 40.5 Å². The number of nitrogens with zero attached hydrogens (tertiary/aromatic N) is 1. The van der Waals surface area contributed by atoms with Gasteiger partial charge in [0.2, 0.25) is 5.91 Å². The molecule has 0 aromatic carbocycles. The predicted octanol–water partition coefficient (Wildman–Crippen LogP) is 1.40. The molecule has 0 bridgehead atoms. The third-order valence-electron chi connectivity index (χ3n) is 3.48. The average Bonchev–Trinajstić information content (AvgIpc) is 2.83. The molecule has 1 aliphatic heterocycles. The minimum Gasteiger partial charge on any atom is -0.377 e. The lowest BCUT2D eigenvalue weighted by Gasteiger charge is -2.28. The van der Waals surface area contributed by atoms with Crippen LogP contribution < -0.4 is 5.32 Å². The van der Waals surface area contributed by atoms with Crippen LogP contribution in [0.1, 0.15) is 40.5 Å². The Hall–Kier alpha value is -0.610. The lowest BCUT2D eigenvalue weighted by atomic mass is 10.1. The Bertz CT molecular complexity index is 236. The lowest BCUT2D eigenvalue weighted by molar-refractivity contribution is -0.133. The van der Waals surface area contributed by atoms with Gasteiger partial charge in [-0.1, -0.05) is 0 Å². The van der Waals surface area contributed by atoms with Gasteiger partial charge in [0, 0.05) is 25.7 Å². The Morgan fingerprint density at radius 3 is 2.53 bits per heavy atom. The highest BCUT2D eigenvalue weighted by Gasteiger charge is 2.26. The first kappa shape index (κ1) is 14.5. The van der Waals surface area contributed by atoms with E-state index in [1.54, 1.807) is 0 Å². The standard InChI is InChI=1S/C13H26N2O2/c1-5-15(6-2)13(16)11(4)14-10(3)12-8-7-9-17-12/h10-12,14H,5-9H2,1-4H3. The molecule has 4 nitrogen and oxygen atoms in total. The fraction of sp³-hybridized carbons (Fsp3) is 0.923. The molecule has 0 aliphatic carbocycles. The molecule has 1 heterocycles. The largest absolute Gasteiger partial charge is 0.377 e. The molecule has 1 N–H and O–H groups in total. The molecule has 1 rings (SSSR count). The number of hydrogen-bond donors (Lipinski definition) is 1. The van der Waals surface area contributed by atoms with Gasteiger partial charge in [0.15, 0.2) is 0 Å². The maximum atomic E-state index is 12.1. The van der Waals surface area contributed by atoms with Crippen LogP contribution in [0.15, 0.2) is 0 Å². The van der Waals surface area contributed by atoms with E-state index in [0.717, 1.165) is 32.5 Å². The van der Waals surface area contributed by atoms with Gasteiger partial charge in [0.1, 0.15) is 0 Å². The molecule has 1 saturated heterocycles. The van der Waals surface area contributed by atoms with Crippen molar-refractivity contribution in [3.05, 3.63) is 0 Å². The van der Waals surface area contributed by atoms with E-state index in [2.05, 4.69) is 12.2 Å². The number of amides is 1. The molecular weight excluding hydrogens is 216 g/mol. The van der Waals surface area contributed by atoms with Crippen LogP contribution in [0.4, 0.5) is 0 Å². The zero-order valence-electron chi connectivity index (χ0n) is 11.5. The van der Waals surface area contributed by atoms with E-state index in [-0.39, 0.29) is 24.1 Å². The molecule has 0 aromatic heterocycles. The van der Waals surface area contributed by atoms with Crippen molar-refractivity contribution in [1.82, 2.24) is 10.2 Å². The topological polar surface area (TPSA) is 41.6 Å². The zero-order chi connectivity index (χ0) is 12.8. The molecule has 0 radical (unpaired) electrons. The van der Waals surface area contributed by atoms with Crippen molar-refractivity contribution in [3.8, 4) is 0 Å². The summed E-state index contributed by atoms with van der Waals surface area (Å²) in [4.78, 5) is 13.9. The fourth-order valence-electron chi connectivity index (χ4n) is 2.38. The quantitative estimate of drug-likeness (QED) is 0.765. The highest BCUT2D eigenvalue weighted by molar-refractivity contribution is 5.81. The molecule has 17 heavy (non-hydrogen) atoms. The Labute approximate surface area is 105 Å². The molecule has 4 heteroatoms. The summed E-state index contributed by atoms with van der Waals surface area (Å²) < 4.78 is 5.62. The van der Waals surface area contributed by atoms with Crippen LogP contribution in [-0.2, 0) is 9.53 Å². The van der Waals surface area contributed by atoms with E-state index in [4.69, 9.17) is 4.74 Å². The molecule has 1 aliphatic rings. The lowest BCUT2D eigenvalue weighted by Crippen LogP contribution is -2.50. The number of nitrogens with one attached hydrogen (secondary N) is 1. The van der Waals surface area contributed by atoms with Crippen molar-refractivity contribution >= 4 is 5.91 Å². The van der Waals surface area contributed by atoms with Crippen molar-refractivity contribution in [3.63, 3.8) is 0 Å². The highest BCUT2D eigenvalue weighted by Crippen LogP contribution is 2.15. The third-order valence-corrected chi connectivity index (χ3v) is 3.48. The summed E-state index contributed by atoms with van der Waals surface area (Å²) in [5.74, 6) is 0.180. The van der Waals surface area contributed by atoms with E-state index >= 15 is 0 Å². The molecule has 100 valence electrons. The molecule has 0 spiro atoms. The highest BCUT2D eigenvalue weighted by atomic mass is 16.5. The molecule has 1 amide bonds. The van der Waals surface area contributed by atoms with E-state index < -0.39 is 0 Å². The molecule has 3 unspecified atom stereocenters. The van der Waals surface area contributed by atoms with Gasteiger partial charge < -0.3 is 15.0 Å². The summed E-state index contributed by atoms with van der Waals surface area (Å²) in [6, 6.07) is 0.112. The summed E-state index contributed by atoms with van der Waals surface area (Å²) in [5, 5.41) is 3.35. The maximum Gasteiger partial charge on any atom is 0.239 e. The molecule has 0 aromatic rings. The average molecular weight is 242 g/mol. The fourth-order valence-corrected chi connectivity index (χ4v) is 2.38. The Morgan fingerprint density at radius 2 is 2.06 bits per heavy atom. The van der Waals surface area contributed by atoms with Gasteiger partial charge in [-0.3, -0.25) is 4.79 Å². The maximum absolute atomic E-state index is 12.1. The number of carbonyl (C=O) groups is 1. The smallest absolute Gasteiger partial charge is 0.239 e. The summed E-state index contributed by atoms with van der Waals surface area (Å²) in [6.07, 6.45) is 2.50. The Morgan fingerprint density at radius 1 is 1.41 bits per heavy atom. The summed E-state index contributed by atoms with van der Waals surface area (Å²) in [6.45, 7) is 10.5. The van der Waals surface area contributed by atoms with Crippen LogP contribution in [0, 0.1) is 0 Å². The van der Waals surface area contributed by atoms with Gasteiger partial charge in [-0.25, -0.2) is 0 Å². The normalized spacial score (nSPS) is 23.4. The van der Waals surface area contributed by atoms with E-state index in [1.165, 1.54) is 0 Å². The molecule has 0 saturated carbocycles. The van der Waals surface area contributed by atoms with E-state index in [9.17, 15) is 4.79 Å². The van der Waals surface area contributed by atoms with Crippen molar-refractivity contribution in [1.29, 1.82) is 0 Å². The SMILES string of the molecule is CCN(CC)C(=O)C(C)NC(C)C1CCCO1. The second-order valence-electron chi connectivity index (χ2n) is 4.74. The van der Waals surface area contributed by atoms with Crippen molar-refractivity contribution in [2.75, 3.05) is 19.7 Å². The second-order valence-corrected chi connectivity index (χ2v) is 4.74. The van der Waals surface area contributed by atoms with Crippen molar-refractivity contribution in [2.45, 2.75) is 58.7 Å². The predicted molar refractivity (Wildman–Crippen MR) is 69.0 cm³/mol. The monoisotopic (exact) mass is 242 g/mol. The number of hydrogen-bond acceptors (Lipinski definition) is 3. The van der Waals surface area contributed by atoms with Crippen LogP contribution in [0.2, 0.25) is 0 Å². The van der Waals surface area contributed by atoms with E-state index in [1.807, 2.05) is 25.7 Å². The minimum atomic E-state index is -0.130. The molecule has 1 fully saturated rings. The molecule has 3 atom stereocenters. The Balaban J connectivity index is 2.41. The van der Waals surface area contributed by atoms with Crippen LogP contribution in [-0.4, -0.2) is 48.7 Å². The van der Waals surface area contributed by atoms with Gasteiger partial charge in [-0.15, -0.1) is 0 Å². The zero-order valence-corrected chi connectivity index (χ0v) is 11.5. The first-order valence-electron chi connectivity index (χ1n) is 6.76. The van der Waals surface area contributed by atoms with Gasteiger partial charge in [-0.2, -0.15) is 0 Å². The number of carbonyl (C=O) groups excluding carboxylic acids is 1. The second kappa shape index (κ2) is 6.97. The number of ether oxygens (including phenoxy) is 1. The third kappa shape index (κ3) is 3.96. The van der Waals surface area contributed by atoms with Crippen LogP contribution in [0.3, 0.4) is 0 Å². The van der Waals surface area contributed by atoms with Crippen LogP contribution in [0.25, 0.3) is 0 Å². The van der Waals surface area contributed by atoms with Crippen LogP contribution >= 0.6 is 0 Å². The number of likely N-dealkylation sites (N-methyl/N-ethyl adjacent to an activating group) is 1. The van der Waals surface area contributed by atoms with E-state index in [0.29, 0.717) is 0 Å². The minimum absolute atomic E-state index is 0.130. The summed E-state index contributed by atoms with van der Waals surface area (Å²) in [7, 11) is 0. The first-order chi connectivity index (χ1) is 8.10. The Kier molecular flexibility index (Phi) is 5.92. The van der Waals surface area contributed by atoms with Gasteiger partial charge in [0.25, 0.3) is 0 Å². The van der Waals surface area contributed by atoms with Crippen molar-refractivity contribution < 1.29 is 9.53 Å². The van der Waals surface area contributed by atoms with Crippen molar-refractivity contribution in [2.24, 2.45) is 0 Å². The van der Waals surface area contributed by atoms with Gasteiger partial charge in [0.05, 0.1) is 12.1 Å².